The van der Waals surface area contributed by atoms with Gasteiger partial charge in [0.05, 0.1) is 13.2 Å². The number of hydrogen-bond donors (Lipinski definition) is 4. The van der Waals surface area contributed by atoms with E-state index in [9.17, 15) is 20.1 Å². The van der Waals surface area contributed by atoms with Gasteiger partial charge in [0.1, 0.15) is 24.4 Å². The van der Waals surface area contributed by atoms with Crippen LogP contribution >= 0.6 is 0 Å². The standard InChI is InChI=1S/C29H49NO6/c1-2-3-4-5-6-7-8-9-10-11-12-13-17-20-25(32)30-26-28(27(33)24(21-31)36-29(26)34)35-22-23-18-15-14-16-19-23/h14-16,18-19,24,26-29,31,33-34H,2-13,17,20-22H2,1H3,(H,30,32)/t24-,26-,27-,28-,29-/m1/s1. The minimum atomic E-state index is -1.37. The van der Waals surface area contributed by atoms with Crippen LogP contribution in [0, 0.1) is 0 Å². The summed E-state index contributed by atoms with van der Waals surface area (Å²) < 4.78 is 11.2. The number of amides is 1. The summed E-state index contributed by atoms with van der Waals surface area (Å²) in [6.45, 7) is 2.00. The molecule has 5 atom stereocenters. The van der Waals surface area contributed by atoms with E-state index in [2.05, 4.69) is 12.2 Å². The third-order valence-corrected chi connectivity index (χ3v) is 6.99. The summed E-state index contributed by atoms with van der Waals surface area (Å²) in [6.07, 6.45) is 12.1. The zero-order chi connectivity index (χ0) is 26.0. The van der Waals surface area contributed by atoms with E-state index in [1.54, 1.807) is 0 Å². The van der Waals surface area contributed by atoms with Crippen molar-refractivity contribution in [3.63, 3.8) is 0 Å². The van der Waals surface area contributed by atoms with Crippen LogP contribution in [0.4, 0.5) is 0 Å². The van der Waals surface area contributed by atoms with E-state index >= 15 is 0 Å². The van der Waals surface area contributed by atoms with Crippen LogP contribution in [0.3, 0.4) is 0 Å². The molecule has 1 aliphatic rings. The Bertz CT molecular complexity index is 688. The number of ether oxygens (including phenoxy) is 2. The molecule has 1 aliphatic heterocycles. The fourth-order valence-electron chi connectivity index (χ4n) is 4.77. The Morgan fingerprint density at radius 1 is 0.889 bits per heavy atom. The van der Waals surface area contributed by atoms with E-state index in [1.165, 1.54) is 64.2 Å². The number of unbranched alkanes of at least 4 members (excludes halogenated alkanes) is 12. The first kappa shape index (κ1) is 30.7. The summed E-state index contributed by atoms with van der Waals surface area (Å²) in [5, 5.41) is 33.4. The highest BCUT2D eigenvalue weighted by Crippen LogP contribution is 2.24. The smallest absolute Gasteiger partial charge is 0.220 e. The minimum absolute atomic E-state index is 0.200. The Morgan fingerprint density at radius 2 is 1.44 bits per heavy atom. The van der Waals surface area contributed by atoms with Gasteiger partial charge in [-0.2, -0.15) is 0 Å². The molecule has 4 N–H and O–H groups in total. The van der Waals surface area contributed by atoms with Crippen LogP contribution < -0.4 is 5.32 Å². The Kier molecular flexibility index (Phi) is 15.9. The molecule has 2 rings (SSSR count). The summed E-state index contributed by atoms with van der Waals surface area (Å²) in [5.41, 5.74) is 0.906. The average molecular weight is 508 g/mol. The molecule has 1 heterocycles. The Labute approximate surface area is 217 Å². The van der Waals surface area contributed by atoms with Crippen LogP contribution in [-0.2, 0) is 20.9 Å². The van der Waals surface area contributed by atoms with Gasteiger partial charge in [-0.3, -0.25) is 4.79 Å². The SMILES string of the molecule is CCCCCCCCCCCCCCCC(=O)N[C@@H]1[C@@H](OCc2ccccc2)[C@H](O)[C@@H](CO)O[C@H]1O. The topological polar surface area (TPSA) is 108 Å². The van der Waals surface area contributed by atoms with Crippen molar-refractivity contribution in [2.24, 2.45) is 0 Å². The lowest BCUT2D eigenvalue weighted by molar-refractivity contribution is -0.263. The molecule has 7 heteroatoms. The molecular weight excluding hydrogens is 458 g/mol. The molecule has 0 unspecified atom stereocenters. The number of rotatable bonds is 19. The lowest BCUT2D eigenvalue weighted by Crippen LogP contribution is -2.64. The minimum Gasteiger partial charge on any atom is -0.394 e. The number of hydrogen-bond acceptors (Lipinski definition) is 6. The second-order valence-corrected chi connectivity index (χ2v) is 10.1. The van der Waals surface area contributed by atoms with Gasteiger partial charge in [-0.1, -0.05) is 114 Å². The van der Waals surface area contributed by atoms with Crippen LogP contribution in [0.1, 0.15) is 102 Å². The van der Waals surface area contributed by atoms with Crippen LogP contribution in [-0.4, -0.2) is 58.5 Å². The van der Waals surface area contributed by atoms with Gasteiger partial charge in [-0.15, -0.1) is 0 Å². The van der Waals surface area contributed by atoms with E-state index < -0.39 is 37.3 Å². The maximum atomic E-state index is 12.6. The fraction of sp³-hybridized carbons (Fsp3) is 0.759. The summed E-state index contributed by atoms with van der Waals surface area (Å²) in [4.78, 5) is 12.6. The maximum absolute atomic E-state index is 12.6. The molecule has 0 bridgehead atoms. The van der Waals surface area contributed by atoms with Crippen molar-refractivity contribution in [1.29, 1.82) is 0 Å². The number of aliphatic hydroxyl groups excluding tert-OH is 3. The van der Waals surface area contributed by atoms with Gasteiger partial charge in [0, 0.05) is 6.42 Å². The van der Waals surface area contributed by atoms with E-state index in [-0.39, 0.29) is 12.5 Å². The highest BCUT2D eigenvalue weighted by atomic mass is 16.6. The predicted octanol–water partition coefficient (Wildman–Crippen LogP) is 4.61. The molecule has 0 spiro atoms. The molecule has 1 amide bonds. The number of aliphatic hydroxyl groups is 3. The normalized spacial score (nSPS) is 24.1. The molecule has 1 aromatic rings. The first-order chi connectivity index (χ1) is 17.6. The van der Waals surface area contributed by atoms with Gasteiger partial charge >= 0.3 is 0 Å². The summed E-state index contributed by atoms with van der Waals surface area (Å²) >= 11 is 0. The molecule has 0 radical (unpaired) electrons. The Hall–Kier alpha value is -1.51. The lowest BCUT2D eigenvalue weighted by Gasteiger charge is -2.42. The van der Waals surface area contributed by atoms with Gasteiger partial charge in [0.15, 0.2) is 6.29 Å². The van der Waals surface area contributed by atoms with Crippen LogP contribution in [0.5, 0.6) is 0 Å². The number of carbonyl (C=O) groups excluding carboxylic acids is 1. The first-order valence-electron chi connectivity index (χ1n) is 14.1. The van der Waals surface area contributed by atoms with E-state index in [4.69, 9.17) is 9.47 Å². The van der Waals surface area contributed by atoms with Crippen LogP contribution in [0.15, 0.2) is 30.3 Å². The van der Waals surface area contributed by atoms with Crippen LogP contribution in [0.2, 0.25) is 0 Å². The zero-order valence-corrected chi connectivity index (χ0v) is 22.2. The van der Waals surface area contributed by atoms with E-state index in [0.29, 0.717) is 6.42 Å². The summed E-state index contributed by atoms with van der Waals surface area (Å²) in [7, 11) is 0. The first-order valence-corrected chi connectivity index (χ1v) is 14.1. The molecule has 7 nitrogen and oxygen atoms in total. The van der Waals surface area contributed by atoms with Crippen molar-refractivity contribution in [2.45, 2.75) is 134 Å². The monoisotopic (exact) mass is 507 g/mol. The zero-order valence-electron chi connectivity index (χ0n) is 22.2. The third-order valence-electron chi connectivity index (χ3n) is 6.99. The van der Waals surface area contributed by atoms with Gasteiger partial charge in [0.25, 0.3) is 0 Å². The molecule has 1 fully saturated rings. The quantitative estimate of drug-likeness (QED) is 0.204. The maximum Gasteiger partial charge on any atom is 0.220 e. The molecule has 0 aromatic heterocycles. The van der Waals surface area contributed by atoms with Crippen molar-refractivity contribution >= 4 is 5.91 Å². The summed E-state index contributed by atoms with van der Waals surface area (Å²) in [5.74, 6) is -0.200. The number of carbonyl (C=O) groups is 1. The average Bonchev–Trinajstić information content (AvgIpc) is 2.89. The summed E-state index contributed by atoms with van der Waals surface area (Å²) in [6, 6.07) is 8.55. The molecule has 206 valence electrons. The highest BCUT2D eigenvalue weighted by molar-refractivity contribution is 5.76. The van der Waals surface area contributed by atoms with Gasteiger partial charge in [-0.05, 0) is 12.0 Å². The Morgan fingerprint density at radius 3 is 2.00 bits per heavy atom. The van der Waals surface area contributed by atoms with Gasteiger partial charge < -0.3 is 30.1 Å². The third kappa shape index (κ3) is 11.7. The van der Waals surface area contributed by atoms with Crippen molar-refractivity contribution < 1.29 is 29.6 Å². The number of nitrogens with one attached hydrogen (secondary N) is 1. The predicted molar refractivity (Wildman–Crippen MR) is 141 cm³/mol. The molecule has 1 aromatic carbocycles. The molecule has 36 heavy (non-hydrogen) atoms. The second kappa shape index (κ2) is 18.7. The van der Waals surface area contributed by atoms with Crippen molar-refractivity contribution in [3.05, 3.63) is 35.9 Å². The van der Waals surface area contributed by atoms with Crippen molar-refractivity contribution in [2.75, 3.05) is 6.61 Å². The van der Waals surface area contributed by atoms with E-state index in [1.807, 2.05) is 30.3 Å². The van der Waals surface area contributed by atoms with Gasteiger partial charge in [0.2, 0.25) is 5.91 Å². The van der Waals surface area contributed by atoms with Gasteiger partial charge in [-0.25, -0.2) is 0 Å². The Balaban J connectivity index is 1.64. The number of benzene rings is 1. The van der Waals surface area contributed by atoms with Crippen molar-refractivity contribution in [1.82, 2.24) is 5.32 Å². The highest BCUT2D eigenvalue weighted by Gasteiger charge is 2.45. The van der Waals surface area contributed by atoms with Crippen LogP contribution in [0.25, 0.3) is 0 Å². The largest absolute Gasteiger partial charge is 0.394 e. The molecular formula is C29H49NO6. The fourth-order valence-corrected chi connectivity index (χ4v) is 4.77. The van der Waals surface area contributed by atoms with E-state index in [0.717, 1.165) is 24.8 Å². The molecule has 0 aliphatic carbocycles. The van der Waals surface area contributed by atoms with Crippen molar-refractivity contribution in [3.8, 4) is 0 Å². The molecule has 0 saturated carbocycles. The lowest BCUT2D eigenvalue weighted by atomic mass is 9.96. The molecule has 1 saturated heterocycles. The second-order valence-electron chi connectivity index (χ2n) is 10.1.